The molecule has 20 heavy (non-hydrogen) atoms. The Bertz CT molecular complexity index is 484. The molecule has 2 atom stereocenters. The summed E-state index contributed by atoms with van der Waals surface area (Å²) in [6.07, 6.45) is -0.636. The zero-order valence-electron chi connectivity index (χ0n) is 11.8. The second kappa shape index (κ2) is 6.64. The van der Waals surface area contributed by atoms with E-state index >= 15 is 0 Å². The van der Waals surface area contributed by atoms with Crippen LogP contribution in [0, 0.1) is 12.7 Å². The van der Waals surface area contributed by atoms with Crippen molar-refractivity contribution in [2.45, 2.75) is 26.0 Å². The van der Waals surface area contributed by atoms with Crippen molar-refractivity contribution >= 4 is 0 Å². The Kier molecular flexibility index (Phi) is 4.88. The van der Waals surface area contributed by atoms with Crippen LogP contribution in [-0.4, -0.2) is 11.7 Å². The van der Waals surface area contributed by atoms with E-state index in [0.717, 1.165) is 5.56 Å². The van der Waals surface area contributed by atoms with Gasteiger partial charge >= 0.3 is 0 Å². The molecule has 0 spiro atoms. The van der Waals surface area contributed by atoms with Crippen LogP contribution in [0.25, 0.3) is 0 Å². The molecule has 0 aliphatic heterocycles. The maximum atomic E-state index is 12.8. The minimum atomic E-state index is -0.636. The Labute approximate surface area is 119 Å². The van der Waals surface area contributed by atoms with Crippen molar-refractivity contribution in [1.82, 2.24) is 5.32 Å². The molecule has 0 heterocycles. The monoisotopic (exact) mass is 273 g/mol. The van der Waals surface area contributed by atoms with Crippen molar-refractivity contribution < 1.29 is 9.50 Å². The topological polar surface area (TPSA) is 32.3 Å². The molecule has 3 heteroatoms. The molecule has 0 aliphatic rings. The second-order valence-electron chi connectivity index (χ2n) is 5.11. The second-order valence-corrected chi connectivity index (χ2v) is 5.11. The zero-order valence-corrected chi connectivity index (χ0v) is 11.8. The van der Waals surface area contributed by atoms with Crippen LogP contribution in [0.5, 0.6) is 0 Å². The SMILES string of the molecule is Cc1ccc([C@@H](C)NCC(O)c2ccc(F)cc2)cc1. The van der Waals surface area contributed by atoms with Crippen molar-refractivity contribution in [3.05, 3.63) is 71.0 Å². The molecule has 2 aromatic rings. The highest BCUT2D eigenvalue weighted by molar-refractivity contribution is 5.24. The summed E-state index contributed by atoms with van der Waals surface area (Å²) in [5.41, 5.74) is 3.13. The molecule has 2 nitrogen and oxygen atoms in total. The number of aliphatic hydroxyl groups excluding tert-OH is 1. The number of hydrogen-bond donors (Lipinski definition) is 2. The number of nitrogens with one attached hydrogen (secondary N) is 1. The van der Waals surface area contributed by atoms with E-state index in [-0.39, 0.29) is 11.9 Å². The van der Waals surface area contributed by atoms with E-state index in [1.54, 1.807) is 12.1 Å². The van der Waals surface area contributed by atoms with Gasteiger partial charge in [-0.25, -0.2) is 4.39 Å². The number of rotatable bonds is 5. The third-order valence-corrected chi connectivity index (χ3v) is 3.45. The lowest BCUT2D eigenvalue weighted by molar-refractivity contribution is 0.170. The molecule has 0 aromatic heterocycles. The van der Waals surface area contributed by atoms with Gasteiger partial charge in [0, 0.05) is 12.6 Å². The molecule has 2 N–H and O–H groups in total. The summed E-state index contributed by atoms with van der Waals surface area (Å²) in [5, 5.41) is 13.4. The first-order valence-electron chi connectivity index (χ1n) is 6.80. The fourth-order valence-electron chi connectivity index (χ4n) is 2.06. The Hall–Kier alpha value is -1.71. The molecule has 0 amide bonds. The third-order valence-electron chi connectivity index (χ3n) is 3.45. The number of hydrogen-bond acceptors (Lipinski definition) is 2. The Morgan fingerprint density at radius 3 is 2.15 bits per heavy atom. The molecule has 0 saturated heterocycles. The molecule has 106 valence electrons. The third kappa shape index (κ3) is 3.89. The number of aliphatic hydroxyl groups is 1. The van der Waals surface area contributed by atoms with E-state index in [2.05, 4.69) is 43.4 Å². The van der Waals surface area contributed by atoms with Gasteiger partial charge in [-0.05, 0) is 37.1 Å². The number of aryl methyl sites for hydroxylation is 1. The van der Waals surface area contributed by atoms with E-state index in [4.69, 9.17) is 0 Å². The van der Waals surface area contributed by atoms with Gasteiger partial charge in [-0.2, -0.15) is 0 Å². The molecule has 0 radical (unpaired) electrons. The van der Waals surface area contributed by atoms with Crippen LogP contribution in [0.15, 0.2) is 48.5 Å². The average molecular weight is 273 g/mol. The first kappa shape index (κ1) is 14.7. The van der Waals surface area contributed by atoms with Crippen molar-refractivity contribution in [2.75, 3.05) is 6.54 Å². The summed E-state index contributed by atoms with van der Waals surface area (Å²) in [6, 6.07) is 14.4. The Morgan fingerprint density at radius 2 is 1.55 bits per heavy atom. The molecular weight excluding hydrogens is 253 g/mol. The van der Waals surface area contributed by atoms with Gasteiger partial charge in [-0.3, -0.25) is 0 Å². The maximum Gasteiger partial charge on any atom is 0.123 e. The fourth-order valence-corrected chi connectivity index (χ4v) is 2.06. The van der Waals surface area contributed by atoms with Crippen molar-refractivity contribution in [3.63, 3.8) is 0 Å². The first-order chi connectivity index (χ1) is 9.56. The minimum absolute atomic E-state index is 0.158. The van der Waals surface area contributed by atoms with Gasteiger partial charge < -0.3 is 10.4 Å². The predicted octanol–water partition coefficient (Wildman–Crippen LogP) is 3.52. The summed E-state index contributed by atoms with van der Waals surface area (Å²) in [7, 11) is 0. The molecule has 0 saturated carbocycles. The van der Waals surface area contributed by atoms with Gasteiger partial charge in [0.15, 0.2) is 0 Å². The van der Waals surface area contributed by atoms with Crippen LogP contribution in [0.1, 0.15) is 35.8 Å². The van der Waals surface area contributed by atoms with E-state index in [9.17, 15) is 9.50 Å². The highest BCUT2D eigenvalue weighted by Gasteiger charge is 2.10. The fraction of sp³-hybridized carbons (Fsp3) is 0.294. The van der Waals surface area contributed by atoms with Crippen LogP contribution in [0.2, 0.25) is 0 Å². The van der Waals surface area contributed by atoms with Crippen LogP contribution >= 0.6 is 0 Å². The van der Waals surface area contributed by atoms with E-state index in [0.29, 0.717) is 6.54 Å². The van der Waals surface area contributed by atoms with Crippen molar-refractivity contribution in [1.29, 1.82) is 0 Å². The lowest BCUT2D eigenvalue weighted by atomic mass is 10.1. The summed E-state index contributed by atoms with van der Waals surface area (Å²) in [4.78, 5) is 0. The summed E-state index contributed by atoms with van der Waals surface area (Å²) < 4.78 is 12.8. The van der Waals surface area contributed by atoms with Crippen LogP contribution in [0.3, 0.4) is 0 Å². The molecule has 1 unspecified atom stereocenters. The minimum Gasteiger partial charge on any atom is -0.387 e. The van der Waals surface area contributed by atoms with Crippen LogP contribution in [0.4, 0.5) is 4.39 Å². The van der Waals surface area contributed by atoms with E-state index in [1.807, 2.05) is 0 Å². The molecule has 2 aromatic carbocycles. The normalized spacial score (nSPS) is 14.0. The van der Waals surface area contributed by atoms with Gasteiger partial charge in [0.2, 0.25) is 0 Å². The summed E-state index contributed by atoms with van der Waals surface area (Å²) in [6.45, 7) is 4.54. The summed E-state index contributed by atoms with van der Waals surface area (Å²) in [5.74, 6) is -0.290. The number of halogens is 1. The standard InChI is InChI=1S/C17H20FNO/c1-12-3-5-14(6-4-12)13(2)19-11-17(20)15-7-9-16(18)10-8-15/h3-10,13,17,19-20H,11H2,1-2H3/t13-,17?/m1/s1. The highest BCUT2D eigenvalue weighted by atomic mass is 19.1. The van der Waals surface area contributed by atoms with Gasteiger partial charge in [0.25, 0.3) is 0 Å². The molecule has 2 rings (SSSR count). The predicted molar refractivity (Wildman–Crippen MR) is 79.0 cm³/mol. The number of benzene rings is 2. The van der Waals surface area contributed by atoms with Gasteiger partial charge in [0.1, 0.15) is 5.82 Å². The molecule has 0 aliphatic carbocycles. The lowest BCUT2D eigenvalue weighted by Crippen LogP contribution is -2.24. The van der Waals surface area contributed by atoms with E-state index in [1.165, 1.54) is 23.3 Å². The average Bonchev–Trinajstić information content (AvgIpc) is 2.46. The molecule has 0 fully saturated rings. The van der Waals surface area contributed by atoms with Crippen molar-refractivity contribution in [3.8, 4) is 0 Å². The van der Waals surface area contributed by atoms with Crippen LogP contribution < -0.4 is 5.32 Å². The Balaban J connectivity index is 1.91. The molecular formula is C17H20FNO. The Morgan fingerprint density at radius 1 is 1.00 bits per heavy atom. The first-order valence-corrected chi connectivity index (χ1v) is 6.80. The quantitative estimate of drug-likeness (QED) is 0.873. The lowest BCUT2D eigenvalue weighted by Gasteiger charge is -2.18. The largest absolute Gasteiger partial charge is 0.387 e. The van der Waals surface area contributed by atoms with Gasteiger partial charge in [-0.15, -0.1) is 0 Å². The van der Waals surface area contributed by atoms with E-state index < -0.39 is 6.10 Å². The van der Waals surface area contributed by atoms with Crippen molar-refractivity contribution in [2.24, 2.45) is 0 Å². The molecule has 0 bridgehead atoms. The smallest absolute Gasteiger partial charge is 0.123 e. The van der Waals surface area contributed by atoms with Gasteiger partial charge in [-0.1, -0.05) is 42.0 Å². The zero-order chi connectivity index (χ0) is 14.5. The maximum absolute atomic E-state index is 12.8. The summed E-state index contributed by atoms with van der Waals surface area (Å²) >= 11 is 0. The highest BCUT2D eigenvalue weighted by Crippen LogP contribution is 2.16. The van der Waals surface area contributed by atoms with Gasteiger partial charge in [0.05, 0.1) is 6.10 Å². The van der Waals surface area contributed by atoms with Crippen LogP contribution in [-0.2, 0) is 0 Å².